The van der Waals surface area contributed by atoms with Gasteiger partial charge in [0.2, 0.25) is 5.91 Å². The fourth-order valence-electron chi connectivity index (χ4n) is 2.65. The minimum Gasteiger partial charge on any atom is -0.497 e. The summed E-state index contributed by atoms with van der Waals surface area (Å²) >= 11 is 0. The third-order valence-electron chi connectivity index (χ3n) is 3.58. The topological polar surface area (TPSA) is 53.6 Å². The highest BCUT2D eigenvalue weighted by Crippen LogP contribution is 2.37. The van der Waals surface area contributed by atoms with Gasteiger partial charge in [-0.15, -0.1) is 0 Å². The Morgan fingerprint density at radius 1 is 1.33 bits per heavy atom. The van der Waals surface area contributed by atoms with Crippen molar-refractivity contribution in [1.82, 2.24) is 10.2 Å². The van der Waals surface area contributed by atoms with Gasteiger partial charge in [0.25, 0.3) is 0 Å². The number of hydrogen-bond acceptors (Lipinski definition) is 4. The van der Waals surface area contributed by atoms with E-state index in [0.717, 1.165) is 43.2 Å². The van der Waals surface area contributed by atoms with Crippen LogP contribution in [-0.4, -0.2) is 44.1 Å². The fraction of sp³-hybridized carbons (Fsp3) is 0.462. The molecule has 0 aliphatic carbocycles. The zero-order chi connectivity index (χ0) is 12.5. The Balaban J connectivity index is 1.93. The lowest BCUT2D eigenvalue weighted by atomic mass is 10.1. The first-order chi connectivity index (χ1) is 8.79. The molecule has 1 saturated heterocycles. The zero-order valence-electron chi connectivity index (χ0n) is 10.4. The molecule has 5 heteroatoms. The smallest absolute Gasteiger partial charge is 0.246 e. The molecule has 1 fully saturated rings. The number of anilines is 1. The number of fused-ring (bicyclic) bond motifs is 1. The van der Waals surface area contributed by atoms with Crippen molar-refractivity contribution in [2.24, 2.45) is 0 Å². The minimum atomic E-state index is -0.169. The molecular formula is C13H17N3O2. The Kier molecular flexibility index (Phi) is 2.93. The van der Waals surface area contributed by atoms with E-state index in [9.17, 15) is 4.79 Å². The molecule has 0 saturated carbocycles. The molecule has 3 rings (SSSR count). The Labute approximate surface area is 106 Å². The Morgan fingerprint density at radius 3 is 2.83 bits per heavy atom. The van der Waals surface area contributed by atoms with Crippen LogP contribution in [0.15, 0.2) is 18.2 Å². The number of methoxy groups -OCH3 is 1. The number of rotatable bonds is 2. The summed E-state index contributed by atoms with van der Waals surface area (Å²) in [6.07, 6.45) is 0. The van der Waals surface area contributed by atoms with E-state index in [1.165, 1.54) is 0 Å². The van der Waals surface area contributed by atoms with Gasteiger partial charge in [0.05, 0.1) is 7.11 Å². The van der Waals surface area contributed by atoms with Crippen LogP contribution < -0.4 is 15.4 Å². The van der Waals surface area contributed by atoms with Crippen molar-refractivity contribution in [2.45, 2.75) is 6.04 Å². The van der Waals surface area contributed by atoms with Crippen LogP contribution in [0.25, 0.3) is 0 Å². The number of hydrogen-bond donors (Lipinski definition) is 2. The summed E-state index contributed by atoms with van der Waals surface area (Å²) < 4.78 is 5.24. The predicted octanol–water partition coefficient (Wildman–Crippen LogP) is 0.594. The maximum absolute atomic E-state index is 12.1. The van der Waals surface area contributed by atoms with Crippen molar-refractivity contribution in [2.75, 3.05) is 38.6 Å². The molecule has 1 aromatic rings. The zero-order valence-corrected chi connectivity index (χ0v) is 10.4. The molecule has 2 N–H and O–H groups in total. The van der Waals surface area contributed by atoms with Crippen LogP contribution in [0, 0.1) is 0 Å². The van der Waals surface area contributed by atoms with Gasteiger partial charge in [0.1, 0.15) is 11.8 Å². The Morgan fingerprint density at radius 2 is 2.11 bits per heavy atom. The van der Waals surface area contributed by atoms with Crippen LogP contribution in [0.3, 0.4) is 0 Å². The van der Waals surface area contributed by atoms with Gasteiger partial charge in [-0.3, -0.25) is 9.69 Å². The third kappa shape index (κ3) is 1.85. The molecule has 1 atom stereocenters. The number of carbonyl (C=O) groups excluding carboxylic acids is 1. The van der Waals surface area contributed by atoms with E-state index in [4.69, 9.17) is 4.74 Å². The second-order valence-electron chi connectivity index (χ2n) is 4.63. The number of benzene rings is 1. The highest BCUT2D eigenvalue weighted by Gasteiger charge is 2.35. The first kappa shape index (κ1) is 11.5. The second kappa shape index (κ2) is 4.59. The molecule has 0 spiro atoms. The number of amides is 1. The van der Waals surface area contributed by atoms with Gasteiger partial charge in [-0.2, -0.15) is 0 Å². The van der Waals surface area contributed by atoms with E-state index in [0.29, 0.717) is 0 Å². The van der Waals surface area contributed by atoms with Gasteiger partial charge in [-0.05, 0) is 18.2 Å². The lowest BCUT2D eigenvalue weighted by Crippen LogP contribution is -2.46. The molecule has 5 nitrogen and oxygen atoms in total. The average molecular weight is 247 g/mol. The molecule has 18 heavy (non-hydrogen) atoms. The molecule has 0 aromatic heterocycles. The van der Waals surface area contributed by atoms with E-state index in [-0.39, 0.29) is 11.9 Å². The Hall–Kier alpha value is -1.59. The maximum atomic E-state index is 12.1. The van der Waals surface area contributed by atoms with Crippen LogP contribution in [0.2, 0.25) is 0 Å². The van der Waals surface area contributed by atoms with Crippen LogP contribution >= 0.6 is 0 Å². The van der Waals surface area contributed by atoms with Crippen molar-refractivity contribution >= 4 is 11.6 Å². The summed E-state index contributed by atoms with van der Waals surface area (Å²) in [7, 11) is 1.64. The summed E-state index contributed by atoms with van der Waals surface area (Å²) in [6.45, 7) is 3.66. The summed E-state index contributed by atoms with van der Waals surface area (Å²) in [5, 5.41) is 6.24. The van der Waals surface area contributed by atoms with Gasteiger partial charge in [-0.25, -0.2) is 0 Å². The molecule has 1 aromatic carbocycles. The monoisotopic (exact) mass is 247 g/mol. The third-order valence-corrected chi connectivity index (χ3v) is 3.58. The minimum absolute atomic E-state index is 0.0696. The second-order valence-corrected chi connectivity index (χ2v) is 4.63. The van der Waals surface area contributed by atoms with Crippen LogP contribution in [0.5, 0.6) is 5.75 Å². The number of ether oxygens (including phenoxy) is 1. The standard InChI is InChI=1S/C13H17N3O2/c1-18-9-2-3-11-10(8-9)12(13(17)15-11)16-6-4-14-5-7-16/h2-3,8,12,14H,4-7H2,1H3,(H,15,17). The van der Waals surface area contributed by atoms with Crippen molar-refractivity contribution in [3.05, 3.63) is 23.8 Å². The van der Waals surface area contributed by atoms with Gasteiger partial charge >= 0.3 is 0 Å². The first-order valence-corrected chi connectivity index (χ1v) is 6.23. The first-order valence-electron chi connectivity index (χ1n) is 6.23. The van der Waals surface area contributed by atoms with Crippen molar-refractivity contribution in [1.29, 1.82) is 0 Å². The van der Waals surface area contributed by atoms with Crippen LogP contribution in [0.4, 0.5) is 5.69 Å². The van der Waals surface area contributed by atoms with Gasteiger partial charge in [-0.1, -0.05) is 0 Å². The number of nitrogens with zero attached hydrogens (tertiary/aromatic N) is 1. The molecule has 2 heterocycles. The van der Waals surface area contributed by atoms with Gasteiger partial charge in [0, 0.05) is 37.4 Å². The normalized spacial score (nSPS) is 23.6. The number of carbonyl (C=O) groups is 1. The van der Waals surface area contributed by atoms with Crippen LogP contribution in [0.1, 0.15) is 11.6 Å². The highest BCUT2D eigenvalue weighted by atomic mass is 16.5. The lowest BCUT2D eigenvalue weighted by Gasteiger charge is -2.31. The summed E-state index contributed by atoms with van der Waals surface area (Å²) in [5.74, 6) is 0.866. The van der Waals surface area contributed by atoms with E-state index >= 15 is 0 Å². The molecule has 0 radical (unpaired) electrons. The SMILES string of the molecule is COc1ccc2c(c1)C(N1CCNCC1)C(=O)N2. The molecule has 2 aliphatic rings. The maximum Gasteiger partial charge on any atom is 0.246 e. The van der Waals surface area contributed by atoms with Crippen molar-refractivity contribution in [3.8, 4) is 5.75 Å². The summed E-state index contributed by atoms with van der Waals surface area (Å²) in [4.78, 5) is 14.3. The van der Waals surface area contributed by atoms with E-state index in [2.05, 4.69) is 15.5 Å². The molecule has 1 unspecified atom stereocenters. The van der Waals surface area contributed by atoms with Crippen molar-refractivity contribution < 1.29 is 9.53 Å². The van der Waals surface area contributed by atoms with Crippen LogP contribution in [-0.2, 0) is 4.79 Å². The molecular weight excluding hydrogens is 230 g/mol. The van der Waals surface area contributed by atoms with E-state index < -0.39 is 0 Å². The van der Waals surface area contributed by atoms with Gasteiger partial charge in [0.15, 0.2) is 0 Å². The van der Waals surface area contributed by atoms with E-state index in [1.807, 2.05) is 18.2 Å². The molecule has 0 bridgehead atoms. The van der Waals surface area contributed by atoms with Crippen molar-refractivity contribution in [3.63, 3.8) is 0 Å². The average Bonchev–Trinajstić information content (AvgIpc) is 2.74. The summed E-state index contributed by atoms with van der Waals surface area (Å²) in [5.41, 5.74) is 1.94. The molecule has 1 amide bonds. The highest BCUT2D eigenvalue weighted by molar-refractivity contribution is 6.02. The predicted molar refractivity (Wildman–Crippen MR) is 68.8 cm³/mol. The fourth-order valence-corrected chi connectivity index (χ4v) is 2.65. The quantitative estimate of drug-likeness (QED) is 0.803. The number of nitrogens with one attached hydrogen (secondary N) is 2. The summed E-state index contributed by atoms with van der Waals surface area (Å²) in [6, 6.07) is 5.57. The lowest BCUT2D eigenvalue weighted by molar-refractivity contribution is -0.121. The molecule has 2 aliphatic heterocycles. The van der Waals surface area contributed by atoms with E-state index in [1.54, 1.807) is 7.11 Å². The molecule has 96 valence electrons. The largest absolute Gasteiger partial charge is 0.497 e. The Bertz CT molecular complexity index is 469. The van der Waals surface area contributed by atoms with Gasteiger partial charge < -0.3 is 15.4 Å². The number of piperazine rings is 1.